The SMILES string of the molecule is CC(C)N(C)CCC(CSc1ccccc1)Nc1ccc(S(=O)(=O)NC(=O)c2ccc(N3CCN(Cc4ccccc4-c4ccc(Cl)cc4)CC3)cc2)cc1[N+](=O)[O-]. The van der Waals surface area contributed by atoms with Crippen molar-refractivity contribution in [1.29, 1.82) is 0 Å². The van der Waals surface area contributed by atoms with Gasteiger partial charge in [0.15, 0.2) is 0 Å². The highest BCUT2D eigenvalue weighted by molar-refractivity contribution is 7.99. The Kier molecular flexibility index (Phi) is 14.5. The summed E-state index contributed by atoms with van der Waals surface area (Å²) >= 11 is 7.76. The molecule has 1 fully saturated rings. The molecule has 0 aromatic heterocycles. The van der Waals surface area contributed by atoms with E-state index in [4.69, 9.17) is 11.6 Å². The van der Waals surface area contributed by atoms with E-state index in [2.05, 4.69) is 56.8 Å². The molecule has 1 atom stereocenters. The van der Waals surface area contributed by atoms with Gasteiger partial charge in [0.25, 0.3) is 21.6 Å². The van der Waals surface area contributed by atoms with Crippen molar-refractivity contribution in [3.63, 3.8) is 0 Å². The van der Waals surface area contributed by atoms with Crippen LogP contribution in [0.2, 0.25) is 5.02 Å². The van der Waals surface area contributed by atoms with E-state index in [-0.39, 0.29) is 22.2 Å². The molecule has 1 amide bonds. The van der Waals surface area contributed by atoms with Gasteiger partial charge in [-0.05, 0) is 105 Å². The lowest BCUT2D eigenvalue weighted by molar-refractivity contribution is -0.384. The molecule has 58 heavy (non-hydrogen) atoms. The summed E-state index contributed by atoms with van der Waals surface area (Å²) in [5.41, 5.74) is 4.45. The number of nitrogens with one attached hydrogen (secondary N) is 2. The molecular weight excluding hydrogens is 792 g/mol. The first-order chi connectivity index (χ1) is 27.9. The maximum Gasteiger partial charge on any atom is 0.293 e. The molecule has 2 N–H and O–H groups in total. The van der Waals surface area contributed by atoms with E-state index in [1.54, 1.807) is 23.9 Å². The largest absolute Gasteiger partial charge is 0.376 e. The molecule has 0 saturated carbocycles. The molecule has 304 valence electrons. The predicted octanol–water partition coefficient (Wildman–Crippen LogP) is 8.66. The van der Waals surface area contributed by atoms with Gasteiger partial charge in [-0.1, -0.05) is 66.2 Å². The van der Waals surface area contributed by atoms with Crippen LogP contribution in [0.1, 0.15) is 36.2 Å². The second-order valence-corrected chi connectivity index (χ2v) is 17.9. The number of piperazine rings is 1. The third-order valence-electron chi connectivity index (χ3n) is 10.4. The van der Waals surface area contributed by atoms with E-state index in [1.807, 2.05) is 79.8 Å². The minimum absolute atomic E-state index is 0.151. The molecule has 0 radical (unpaired) electrons. The number of nitrogens with zero attached hydrogens (tertiary/aromatic N) is 4. The van der Waals surface area contributed by atoms with Crippen molar-refractivity contribution in [2.45, 2.75) is 48.7 Å². The lowest BCUT2D eigenvalue weighted by Gasteiger charge is -2.36. The second-order valence-electron chi connectivity index (χ2n) is 14.7. The number of amides is 1. The van der Waals surface area contributed by atoms with E-state index in [0.29, 0.717) is 23.2 Å². The first kappa shape index (κ1) is 42.7. The highest BCUT2D eigenvalue weighted by Gasteiger charge is 2.26. The van der Waals surface area contributed by atoms with E-state index < -0.39 is 26.5 Å². The highest BCUT2D eigenvalue weighted by atomic mass is 35.5. The fourth-order valence-corrected chi connectivity index (χ4v) is 8.85. The number of halogens is 1. The Morgan fingerprint density at radius 1 is 0.897 bits per heavy atom. The van der Waals surface area contributed by atoms with Crippen molar-refractivity contribution >= 4 is 56.4 Å². The fourth-order valence-electron chi connectivity index (χ4n) is 6.74. The molecule has 1 aliphatic rings. The van der Waals surface area contributed by atoms with Crippen LogP contribution in [0.15, 0.2) is 131 Å². The second kappa shape index (κ2) is 19.7. The van der Waals surface area contributed by atoms with Crippen molar-refractivity contribution in [3.05, 3.63) is 148 Å². The molecule has 1 saturated heterocycles. The summed E-state index contributed by atoms with van der Waals surface area (Å²) in [6, 6.07) is 36.9. The minimum atomic E-state index is -4.44. The van der Waals surface area contributed by atoms with Crippen LogP contribution >= 0.6 is 23.4 Å². The third kappa shape index (κ3) is 11.4. The number of nitro benzene ring substituents is 1. The van der Waals surface area contributed by atoms with Gasteiger partial charge >= 0.3 is 0 Å². The molecule has 1 aliphatic heterocycles. The van der Waals surface area contributed by atoms with Gasteiger partial charge in [-0.3, -0.25) is 19.8 Å². The summed E-state index contributed by atoms with van der Waals surface area (Å²) < 4.78 is 28.9. The molecule has 5 aromatic carbocycles. The van der Waals surface area contributed by atoms with Crippen LogP contribution in [0.5, 0.6) is 0 Å². The number of thioether (sulfide) groups is 1. The van der Waals surface area contributed by atoms with Crippen molar-refractivity contribution in [2.75, 3.05) is 55.7 Å². The first-order valence-electron chi connectivity index (χ1n) is 19.3. The smallest absolute Gasteiger partial charge is 0.293 e. The quantitative estimate of drug-likeness (QED) is 0.0534. The zero-order valence-electron chi connectivity index (χ0n) is 32.9. The number of nitro groups is 1. The average molecular weight is 842 g/mol. The standard InChI is InChI=1S/C44H49ClN6O5S2/c1-32(2)48(3)24-23-37(31-57-39-10-5-4-6-11-39)46-42-22-21-40(29-43(42)51(53)54)58(55,56)47-44(52)34-15-19-38(20-16-34)50-27-25-49(26-28-50)30-35-9-7-8-12-41(35)33-13-17-36(45)18-14-33/h4-22,29,32,37,46H,23-28,30-31H2,1-3H3,(H,47,52). The van der Waals surface area contributed by atoms with E-state index in [9.17, 15) is 23.3 Å². The number of hydrogen-bond acceptors (Lipinski definition) is 10. The van der Waals surface area contributed by atoms with Gasteiger partial charge in [0.05, 0.1) is 9.82 Å². The van der Waals surface area contributed by atoms with Gasteiger partial charge in [0.1, 0.15) is 5.69 Å². The van der Waals surface area contributed by atoms with Crippen LogP contribution in [-0.2, 0) is 16.6 Å². The fraction of sp³-hybridized carbons (Fsp3) is 0.295. The minimum Gasteiger partial charge on any atom is -0.376 e. The molecular formula is C44H49ClN6O5S2. The van der Waals surface area contributed by atoms with Gasteiger partial charge in [-0.25, -0.2) is 13.1 Å². The summed E-state index contributed by atoms with van der Waals surface area (Å²) in [5.74, 6) is -0.188. The molecule has 14 heteroatoms. The molecule has 11 nitrogen and oxygen atoms in total. The maximum absolute atomic E-state index is 13.4. The Morgan fingerprint density at radius 2 is 1.57 bits per heavy atom. The molecule has 1 heterocycles. The first-order valence-corrected chi connectivity index (χ1v) is 22.1. The Morgan fingerprint density at radius 3 is 2.24 bits per heavy atom. The van der Waals surface area contributed by atoms with Crippen molar-refractivity contribution in [1.82, 2.24) is 14.5 Å². The van der Waals surface area contributed by atoms with Crippen LogP contribution in [0.4, 0.5) is 17.1 Å². The number of carbonyl (C=O) groups is 1. The van der Waals surface area contributed by atoms with Gasteiger partial charge in [0.2, 0.25) is 0 Å². The molecule has 6 rings (SSSR count). The van der Waals surface area contributed by atoms with Gasteiger partial charge in [0, 0.05) is 84.3 Å². The zero-order valence-corrected chi connectivity index (χ0v) is 35.3. The van der Waals surface area contributed by atoms with Crippen LogP contribution in [-0.4, -0.2) is 86.7 Å². The summed E-state index contributed by atoms with van der Waals surface area (Å²) in [5, 5.41) is 16.3. The molecule has 0 bridgehead atoms. The van der Waals surface area contributed by atoms with Gasteiger partial charge in [-0.15, -0.1) is 11.8 Å². The van der Waals surface area contributed by atoms with Crippen molar-refractivity contribution in [2.24, 2.45) is 0 Å². The Bertz CT molecular complexity index is 2270. The van der Waals surface area contributed by atoms with Crippen molar-refractivity contribution in [3.8, 4) is 11.1 Å². The Hall–Kier alpha value is -4.92. The Balaban J connectivity index is 1.06. The molecule has 1 unspecified atom stereocenters. The lowest BCUT2D eigenvalue weighted by atomic mass is 9.99. The molecule has 5 aromatic rings. The van der Waals surface area contributed by atoms with Crippen LogP contribution in [0.25, 0.3) is 11.1 Å². The number of hydrogen-bond donors (Lipinski definition) is 2. The average Bonchev–Trinajstić information content (AvgIpc) is 3.22. The summed E-state index contributed by atoms with van der Waals surface area (Å²) in [7, 11) is -2.40. The molecule has 0 spiro atoms. The number of sulfonamides is 1. The van der Waals surface area contributed by atoms with Gasteiger partial charge in [-0.2, -0.15) is 0 Å². The summed E-state index contributed by atoms with van der Waals surface area (Å²) in [6.45, 7) is 9.05. The van der Waals surface area contributed by atoms with E-state index in [0.717, 1.165) is 61.5 Å². The third-order valence-corrected chi connectivity index (χ3v) is 13.2. The number of anilines is 2. The maximum atomic E-state index is 13.4. The van der Waals surface area contributed by atoms with Crippen LogP contribution in [0, 0.1) is 10.1 Å². The van der Waals surface area contributed by atoms with E-state index >= 15 is 0 Å². The van der Waals surface area contributed by atoms with Crippen LogP contribution in [0.3, 0.4) is 0 Å². The van der Waals surface area contributed by atoms with Gasteiger partial charge < -0.3 is 15.1 Å². The Labute approximate surface area is 350 Å². The zero-order chi connectivity index (χ0) is 41.2. The topological polar surface area (TPSA) is 128 Å². The van der Waals surface area contributed by atoms with E-state index in [1.165, 1.54) is 23.3 Å². The molecule has 0 aliphatic carbocycles. The normalized spacial score (nSPS) is 14.1. The predicted molar refractivity (Wildman–Crippen MR) is 236 cm³/mol. The number of benzene rings is 5. The van der Waals surface area contributed by atoms with Crippen molar-refractivity contribution < 1.29 is 18.1 Å². The highest BCUT2D eigenvalue weighted by Crippen LogP contribution is 2.31. The summed E-state index contributed by atoms with van der Waals surface area (Å²) in [6.07, 6.45) is 0.706. The summed E-state index contributed by atoms with van der Waals surface area (Å²) in [4.78, 5) is 32.4. The number of carbonyl (C=O) groups excluding carboxylic acids is 1. The lowest BCUT2D eigenvalue weighted by Crippen LogP contribution is -2.46. The number of rotatable bonds is 17. The van der Waals surface area contributed by atoms with Crippen LogP contribution < -0.4 is 14.9 Å². The monoisotopic (exact) mass is 840 g/mol.